The second kappa shape index (κ2) is 7.72. The number of para-hydroxylation sites is 1. The predicted molar refractivity (Wildman–Crippen MR) is 107 cm³/mol. The highest BCUT2D eigenvalue weighted by Gasteiger charge is 2.32. The lowest BCUT2D eigenvalue weighted by atomic mass is 10.00. The molecule has 1 atom stereocenters. The summed E-state index contributed by atoms with van der Waals surface area (Å²) >= 11 is 0. The molecule has 0 spiro atoms. The zero-order valence-electron chi connectivity index (χ0n) is 16.2. The smallest absolute Gasteiger partial charge is 0.318 e. The van der Waals surface area contributed by atoms with E-state index in [1.54, 1.807) is 49.5 Å². The number of halogens is 1. The number of likely N-dealkylation sites (N-methyl/N-ethyl adjacent to an activating group) is 1. The van der Waals surface area contributed by atoms with Crippen molar-refractivity contribution in [3.8, 4) is 6.07 Å². The molecule has 0 bridgehead atoms. The van der Waals surface area contributed by atoms with Crippen molar-refractivity contribution in [1.29, 1.82) is 5.26 Å². The first-order valence-electron chi connectivity index (χ1n) is 8.93. The monoisotopic (exact) mass is 393 g/mol. The van der Waals surface area contributed by atoms with Gasteiger partial charge in [-0.2, -0.15) is 5.26 Å². The Morgan fingerprint density at radius 2 is 1.79 bits per heavy atom. The molecule has 1 heterocycles. The zero-order valence-corrected chi connectivity index (χ0v) is 16.2. The molecule has 0 radical (unpaired) electrons. The molecule has 1 unspecified atom stereocenters. The van der Waals surface area contributed by atoms with Crippen LogP contribution in [0.25, 0.3) is 0 Å². The second-order valence-corrected chi connectivity index (χ2v) is 7.11. The number of fused-ring (bicyclic) bond motifs is 1. The van der Waals surface area contributed by atoms with Gasteiger partial charge in [0.05, 0.1) is 17.5 Å². The topological polar surface area (TPSA) is 97.6 Å². The van der Waals surface area contributed by atoms with Crippen LogP contribution in [0.5, 0.6) is 0 Å². The van der Waals surface area contributed by atoms with Crippen molar-refractivity contribution in [2.75, 3.05) is 11.9 Å². The van der Waals surface area contributed by atoms with Crippen LogP contribution in [-0.2, 0) is 4.79 Å². The van der Waals surface area contributed by atoms with Gasteiger partial charge in [-0.05, 0) is 32.0 Å². The summed E-state index contributed by atoms with van der Waals surface area (Å²) in [6, 6.07) is 14.3. The summed E-state index contributed by atoms with van der Waals surface area (Å²) in [4.78, 5) is 31.1. The number of benzene rings is 2. The van der Waals surface area contributed by atoms with Gasteiger partial charge in [0.1, 0.15) is 11.4 Å². The molecule has 148 valence electrons. The van der Waals surface area contributed by atoms with Crippen LogP contribution in [0, 0.1) is 17.1 Å². The molecular weight excluding hydrogens is 373 g/mol. The number of nitrogens with one attached hydrogen (secondary N) is 2. The maximum absolute atomic E-state index is 14.5. The highest BCUT2D eigenvalue weighted by atomic mass is 19.1. The first-order chi connectivity index (χ1) is 13.7. The molecule has 2 aromatic carbocycles. The third-order valence-electron chi connectivity index (χ3n) is 4.45. The third kappa shape index (κ3) is 4.09. The molecule has 1 aliphatic rings. The first kappa shape index (κ1) is 20.0. The van der Waals surface area contributed by atoms with Crippen molar-refractivity contribution in [1.82, 2.24) is 10.6 Å². The number of carbonyl (C=O) groups is 2. The molecule has 3 rings (SSSR count). The number of nitriles is 1. The number of rotatable bonds is 3. The minimum atomic E-state index is -1.29. The lowest BCUT2D eigenvalue weighted by Crippen LogP contribution is -2.53. The number of amides is 3. The molecule has 2 aromatic rings. The molecule has 3 amide bonds. The van der Waals surface area contributed by atoms with Gasteiger partial charge in [0, 0.05) is 18.2 Å². The van der Waals surface area contributed by atoms with Gasteiger partial charge in [-0.3, -0.25) is 4.79 Å². The number of urea groups is 1. The number of hydrogen-bond acceptors (Lipinski definition) is 4. The lowest BCUT2D eigenvalue weighted by Gasteiger charge is -2.23. The van der Waals surface area contributed by atoms with E-state index in [1.165, 1.54) is 24.8 Å². The average Bonchev–Trinajstić information content (AvgIpc) is 2.79. The van der Waals surface area contributed by atoms with Gasteiger partial charge in [0.15, 0.2) is 0 Å². The Balaban J connectivity index is 2.08. The summed E-state index contributed by atoms with van der Waals surface area (Å²) in [6.07, 6.45) is -1.29. The molecule has 0 aromatic heterocycles. The highest BCUT2D eigenvalue weighted by Crippen LogP contribution is 2.27. The molecule has 0 saturated carbocycles. The first-order valence-corrected chi connectivity index (χ1v) is 8.93. The fourth-order valence-electron chi connectivity index (χ4n) is 2.96. The summed E-state index contributed by atoms with van der Waals surface area (Å²) in [5.74, 6) is -0.986. The minimum Gasteiger partial charge on any atom is -0.320 e. The highest BCUT2D eigenvalue weighted by molar-refractivity contribution is 6.20. The maximum atomic E-state index is 14.5. The molecule has 8 heteroatoms. The maximum Gasteiger partial charge on any atom is 0.318 e. The Hall–Kier alpha value is -3.73. The van der Waals surface area contributed by atoms with Crippen LogP contribution >= 0.6 is 0 Å². The van der Waals surface area contributed by atoms with Crippen molar-refractivity contribution in [3.63, 3.8) is 0 Å². The van der Waals surface area contributed by atoms with Crippen LogP contribution < -0.4 is 15.5 Å². The Morgan fingerprint density at radius 1 is 1.17 bits per heavy atom. The molecule has 0 fully saturated rings. The van der Waals surface area contributed by atoms with E-state index in [0.717, 1.165) is 0 Å². The summed E-state index contributed by atoms with van der Waals surface area (Å²) in [6.45, 7) is 3.05. The fraction of sp³-hybridized carbons (Fsp3) is 0.238. The fourth-order valence-corrected chi connectivity index (χ4v) is 2.96. The van der Waals surface area contributed by atoms with Crippen molar-refractivity contribution in [3.05, 3.63) is 65.5 Å². The molecule has 1 aliphatic heterocycles. The summed E-state index contributed by atoms with van der Waals surface area (Å²) in [5, 5.41) is 14.0. The number of anilines is 1. The van der Waals surface area contributed by atoms with E-state index in [9.17, 15) is 14.0 Å². The summed E-state index contributed by atoms with van der Waals surface area (Å²) in [5.41, 5.74) is 0.441. The van der Waals surface area contributed by atoms with Crippen LogP contribution in [0.2, 0.25) is 0 Å². The molecule has 2 N–H and O–H groups in total. The van der Waals surface area contributed by atoms with Crippen molar-refractivity contribution in [2.24, 2.45) is 4.99 Å². The Morgan fingerprint density at radius 3 is 2.45 bits per heavy atom. The predicted octanol–water partition coefficient (Wildman–Crippen LogP) is 2.57. The Labute approximate surface area is 167 Å². The lowest BCUT2D eigenvalue weighted by molar-refractivity contribution is -0.119. The largest absolute Gasteiger partial charge is 0.320 e. The van der Waals surface area contributed by atoms with Gasteiger partial charge in [0.2, 0.25) is 6.17 Å². The Bertz CT molecular complexity index is 1040. The van der Waals surface area contributed by atoms with E-state index in [-0.39, 0.29) is 11.3 Å². The van der Waals surface area contributed by atoms with Crippen molar-refractivity contribution >= 4 is 23.3 Å². The van der Waals surface area contributed by atoms with Gasteiger partial charge in [-0.25, -0.2) is 14.2 Å². The van der Waals surface area contributed by atoms with Gasteiger partial charge in [-0.15, -0.1) is 0 Å². The molecule has 7 nitrogen and oxygen atoms in total. The van der Waals surface area contributed by atoms with Crippen molar-refractivity contribution in [2.45, 2.75) is 25.6 Å². The molecular formula is C21H20FN5O2. The SMILES string of the molecule is CN1C(=O)C(NC(=O)NC(C)(C)C#N)N=C(c2ccccc2F)c2ccccc21. The van der Waals surface area contributed by atoms with Gasteiger partial charge in [-0.1, -0.05) is 30.3 Å². The minimum absolute atomic E-state index is 0.215. The number of carbonyl (C=O) groups excluding carboxylic acids is 2. The van der Waals surface area contributed by atoms with E-state index in [0.29, 0.717) is 11.3 Å². The zero-order chi connectivity index (χ0) is 21.2. The molecule has 0 saturated heterocycles. The number of nitrogens with zero attached hydrogens (tertiary/aromatic N) is 3. The average molecular weight is 393 g/mol. The van der Waals surface area contributed by atoms with Crippen LogP contribution in [-0.4, -0.2) is 36.4 Å². The second-order valence-electron chi connectivity index (χ2n) is 7.11. The molecule has 0 aliphatic carbocycles. The molecule has 29 heavy (non-hydrogen) atoms. The van der Waals surface area contributed by atoms with Crippen LogP contribution in [0.1, 0.15) is 25.0 Å². The summed E-state index contributed by atoms with van der Waals surface area (Å²) < 4.78 is 14.5. The van der Waals surface area contributed by atoms with Gasteiger partial charge < -0.3 is 15.5 Å². The number of benzodiazepines with no additional fused rings is 1. The van der Waals surface area contributed by atoms with E-state index in [1.807, 2.05) is 6.07 Å². The van der Waals surface area contributed by atoms with E-state index in [2.05, 4.69) is 15.6 Å². The van der Waals surface area contributed by atoms with E-state index >= 15 is 0 Å². The van der Waals surface area contributed by atoms with Gasteiger partial charge in [0.25, 0.3) is 5.91 Å². The van der Waals surface area contributed by atoms with Crippen molar-refractivity contribution < 1.29 is 14.0 Å². The van der Waals surface area contributed by atoms with Crippen LogP contribution in [0.15, 0.2) is 53.5 Å². The van der Waals surface area contributed by atoms with Crippen LogP contribution in [0.3, 0.4) is 0 Å². The van der Waals surface area contributed by atoms with Crippen LogP contribution in [0.4, 0.5) is 14.9 Å². The number of aliphatic imine (C=N–C) groups is 1. The summed E-state index contributed by atoms with van der Waals surface area (Å²) in [7, 11) is 1.56. The normalized spacial score (nSPS) is 16.2. The van der Waals surface area contributed by atoms with Gasteiger partial charge >= 0.3 is 6.03 Å². The quantitative estimate of drug-likeness (QED) is 0.839. The third-order valence-corrected chi connectivity index (χ3v) is 4.45. The standard InChI is InChI=1S/C21H20FN5O2/c1-21(2,12-23)26-20(29)25-18-19(28)27(3)16-11-7-5-9-14(16)17(24-18)13-8-4-6-10-15(13)22/h4-11,18H,1-3H3,(H2,25,26,29). The number of hydrogen-bond donors (Lipinski definition) is 2. The Kier molecular flexibility index (Phi) is 5.33. The van der Waals surface area contributed by atoms with E-state index < -0.39 is 29.5 Å². The van der Waals surface area contributed by atoms with E-state index in [4.69, 9.17) is 5.26 Å².